The van der Waals surface area contributed by atoms with E-state index in [1.165, 1.54) is 31.5 Å². The van der Waals surface area contributed by atoms with Crippen LogP contribution < -0.4 is 0 Å². The molecule has 0 aromatic carbocycles. The lowest BCUT2D eigenvalue weighted by atomic mass is 10.3. The van der Waals surface area contributed by atoms with Gasteiger partial charge in [-0.15, -0.1) is 10.2 Å². The Morgan fingerprint density at radius 3 is 2.77 bits per heavy atom. The number of hydrogen-bond acceptors (Lipinski definition) is 4. The molecule has 3 aromatic rings. The Morgan fingerprint density at radius 2 is 2.05 bits per heavy atom. The van der Waals surface area contributed by atoms with Crippen LogP contribution in [0.5, 0.6) is 0 Å². The fraction of sp³-hybridized carbons (Fsp3) is 0.438. The van der Waals surface area contributed by atoms with Crippen LogP contribution in [0.4, 0.5) is 0 Å². The van der Waals surface area contributed by atoms with E-state index in [9.17, 15) is 0 Å². The molecule has 2 aliphatic rings. The van der Waals surface area contributed by atoms with Crippen molar-refractivity contribution in [3.63, 3.8) is 0 Å². The van der Waals surface area contributed by atoms with E-state index in [2.05, 4.69) is 19.9 Å². The van der Waals surface area contributed by atoms with Crippen LogP contribution in [0.1, 0.15) is 49.3 Å². The summed E-state index contributed by atoms with van der Waals surface area (Å²) in [4.78, 5) is 0. The third-order valence-electron chi connectivity index (χ3n) is 4.37. The van der Waals surface area contributed by atoms with Crippen LogP contribution in [-0.4, -0.2) is 24.5 Å². The van der Waals surface area contributed by atoms with Crippen molar-refractivity contribution in [3.8, 4) is 11.5 Å². The van der Waals surface area contributed by atoms with Gasteiger partial charge < -0.3 is 8.98 Å². The summed E-state index contributed by atoms with van der Waals surface area (Å²) in [6.45, 7) is 0.664. The first-order chi connectivity index (χ1) is 10.9. The van der Waals surface area contributed by atoms with Gasteiger partial charge >= 0.3 is 0 Å². The Kier molecular flexibility index (Phi) is 2.53. The predicted octanol–water partition coefficient (Wildman–Crippen LogP) is 3.00. The Hall–Kier alpha value is -2.37. The van der Waals surface area contributed by atoms with Crippen LogP contribution in [0.15, 0.2) is 35.1 Å². The molecule has 0 saturated heterocycles. The molecule has 2 saturated carbocycles. The van der Waals surface area contributed by atoms with Crippen LogP contribution in [-0.2, 0) is 6.54 Å². The van der Waals surface area contributed by atoms with E-state index in [1.54, 1.807) is 6.26 Å². The third kappa shape index (κ3) is 2.06. The maximum atomic E-state index is 5.39. The summed E-state index contributed by atoms with van der Waals surface area (Å²) in [7, 11) is 0. The van der Waals surface area contributed by atoms with Crippen LogP contribution in [0.3, 0.4) is 0 Å². The molecule has 0 atom stereocenters. The lowest BCUT2D eigenvalue weighted by Gasteiger charge is -2.08. The second-order valence-corrected chi connectivity index (χ2v) is 6.23. The standard InChI is InChI=1S/C16H17N5O/c1-2-14(22-9-1)13-7-8-20(19-13)10-15-17-18-16(11-3-4-11)21(15)12-5-6-12/h1-2,7-9,11-12H,3-6,10H2. The normalized spacial score (nSPS) is 18.0. The largest absolute Gasteiger partial charge is 0.463 e. The maximum Gasteiger partial charge on any atom is 0.155 e. The van der Waals surface area contributed by atoms with Crippen molar-refractivity contribution in [2.45, 2.75) is 44.2 Å². The molecule has 0 radical (unpaired) electrons. The lowest BCUT2D eigenvalue weighted by Crippen LogP contribution is -2.10. The highest BCUT2D eigenvalue weighted by Gasteiger charge is 2.36. The molecule has 0 N–H and O–H groups in total. The first kappa shape index (κ1) is 12.2. The Balaban J connectivity index is 1.44. The van der Waals surface area contributed by atoms with E-state index in [4.69, 9.17) is 4.42 Å². The average molecular weight is 295 g/mol. The molecular weight excluding hydrogens is 278 g/mol. The number of furan rings is 1. The highest BCUT2D eigenvalue weighted by Crippen LogP contribution is 2.44. The molecule has 0 amide bonds. The molecule has 3 heterocycles. The minimum Gasteiger partial charge on any atom is -0.463 e. The summed E-state index contributed by atoms with van der Waals surface area (Å²) in [5.74, 6) is 3.65. The smallest absolute Gasteiger partial charge is 0.155 e. The van der Waals surface area contributed by atoms with E-state index >= 15 is 0 Å². The zero-order valence-electron chi connectivity index (χ0n) is 12.2. The molecule has 0 unspecified atom stereocenters. The van der Waals surface area contributed by atoms with Gasteiger partial charge in [0, 0.05) is 18.2 Å². The van der Waals surface area contributed by atoms with Gasteiger partial charge in [0.1, 0.15) is 18.1 Å². The second-order valence-electron chi connectivity index (χ2n) is 6.23. The van der Waals surface area contributed by atoms with Gasteiger partial charge in [0.2, 0.25) is 0 Å². The summed E-state index contributed by atoms with van der Waals surface area (Å²) < 4.78 is 9.67. The van der Waals surface area contributed by atoms with Crippen LogP contribution in [0, 0.1) is 0 Å². The van der Waals surface area contributed by atoms with Gasteiger partial charge in [-0.05, 0) is 43.9 Å². The molecule has 5 rings (SSSR count). The molecule has 2 aliphatic carbocycles. The van der Waals surface area contributed by atoms with Crippen LogP contribution in [0.2, 0.25) is 0 Å². The van der Waals surface area contributed by atoms with Gasteiger partial charge in [0.05, 0.1) is 6.26 Å². The van der Waals surface area contributed by atoms with E-state index < -0.39 is 0 Å². The number of aromatic nitrogens is 5. The third-order valence-corrected chi connectivity index (χ3v) is 4.37. The molecule has 0 spiro atoms. The van der Waals surface area contributed by atoms with Gasteiger partial charge in [0.15, 0.2) is 11.6 Å². The number of hydrogen-bond donors (Lipinski definition) is 0. The van der Waals surface area contributed by atoms with Crippen molar-refractivity contribution in [2.75, 3.05) is 0 Å². The average Bonchev–Trinajstić information content (AvgIpc) is 3.40. The Morgan fingerprint density at radius 1 is 1.14 bits per heavy atom. The lowest BCUT2D eigenvalue weighted by molar-refractivity contribution is 0.568. The predicted molar refractivity (Wildman–Crippen MR) is 79.3 cm³/mol. The molecule has 0 aliphatic heterocycles. The minimum atomic E-state index is 0.612. The Bertz CT molecular complexity index is 792. The van der Waals surface area contributed by atoms with Gasteiger partial charge in [-0.25, -0.2) is 0 Å². The number of nitrogens with zero attached hydrogens (tertiary/aromatic N) is 5. The first-order valence-corrected chi connectivity index (χ1v) is 7.89. The SMILES string of the molecule is c1coc(-c2ccn(Cc3nnc(C4CC4)n3C3CC3)n2)c1. The fourth-order valence-corrected chi connectivity index (χ4v) is 2.95. The first-order valence-electron chi connectivity index (χ1n) is 7.89. The summed E-state index contributed by atoms with van der Waals surface area (Å²) in [5, 5.41) is 13.5. The molecule has 22 heavy (non-hydrogen) atoms. The molecule has 3 aromatic heterocycles. The zero-order valence-corrected chi connectivity index (χ0v) is 12.2. The van der Waals surface area contributed by atoms with Crippen molar-refractivity contribution in [1.82, 2.24) is 24.5 Å². The zero-order chi connectivity index (χ0) is 14.5. The second kappa shape index (κ2) is 4.56. The van der Waals surface area contributed by atoms with E-state index in [0.717, 1.165) is 17.3 Å². The molecule has 0 bridgehead atoms. The van der Waals surface area contributed by atoms with Crippen LogP contribution in [0.25, 0.3) is 11.5 Å². The van der Waals surface area contributed by atoms with Crippen molar-refractivity contribution in [3.05, 3.63) is 42.3 Å². The highest BCUT2D eigenvalue weighted by molar-refractivity contribution is 5.50. The summed E-state index contributed by atoms with van der Waals surface area (Å²) >= 11 is 0. The Labute approximate surface area is 127 Å². The minimum absolute atomic E-state index is 0.612. The van der Waals surface area contributed by atoms with Crippen molar-refractivity contribution in [2.24, 2.45) is 0 Å². The van der Waals surface area contributed by atoms with Crippen molar-refractivity contribution < 1.29 is 4.42 Å². The molecule has 6 heteroatoms. The van der Waals surface area contributed by atoms with E-state index in [1.807, 2.05) is 29.1 Å². The van der Waals surface area contributed by atoms with Gasteiger partial charge in [-0.3, -0.25) is 4.68 Å². The van der Waals surface area contributed by atoms with Crippen molar-refractivity contribution in [1.29, 1.82) is 0 Å². The van der Waals surface area contributed by atoms with Gasteiger partial charge in [-0.2, -0.15) is 5.10 Å². The quantitative estimate of drug-likeness (QED) is 0.726. The number of rotatable bonds is 5. The monoisotopic (exact) mass is 295 g/mol. The van der Waals surface area contributed by atoms with E-state index in [-0.39, 0.29) is 0 Å². The topological polar surface area (TPSA) is 61.7 Å². The summed E-state index contributed by atoms with van der Waals surface area (Å²) in [5.41, 5.74) is 0.852. The van der Waals surface area contributed by atoms with E-state index in [0.29, 0.717) is 18.5 Å². The summed E-state index contributed by atoms with van der Waals surface area (Å²) in [6, 6.07) is 6.38. The maximum absolute atomic E-state index is 5.39. The highest BCUT2D eigenvalue weighted by atomic mass is 16.3. The molecular formula is C16H17N5O. The molecule has 6 nitrogen and oxygen atoms in total. The van der Waals surface area contributed by atoms with Gasteiger partial charge in [-0.1, -0.05) is 0 Å². The fourth-order valence-electron chi connectivity index (χ4n) is 2.95. The molecule has 112 valence electrons. The van der Waals surface area contributed by atoms with Crippen LogP contribution >= 0.6 is 0 Å². The molecule has 2 fully saturated rings. The van der Waals surface area contributed by atoms with Crippen molar-refractivity contribution >= 4 is 0 Å². The summed E-state index contributed by atoms with van der Waals surface area (Å²) in [6.07, 6.45) is 8.66. The van der Waals surface area contributed by atoms with Gasteiger partial charge in [0.25, 0.3) is 0 Å².